The molecular formula is C11H16ClNO3S2. The van der Waals surface area contributed by atoms with Crippen LogP contribution in [0, 0.1) is 0 Å². The van der Waals surface area contributed by atoms with E-state index in [1.807, 2.05) is 13.8 Å². The molecule has 0 aromatic carbocycles. The number of alkyl halides is 1. The average Bonchev–Trinajstić information content (AvgIpc) is 2.76. The zero-order chi connectivity index (χ0) is 13.4. The number of hydrogen-bond donors (Lipinski definition) is 0. The number of morpholine rings is 1. The SMILES string of the molecule is CC1(C)CN(S(=O)(=O)c2csc(CCl)c2)CCO1. The third kappa shape index (κ3) is 2.88. The molecular weight excluding hydrogens is 294 g/mol. The van der Waals surface area contributed by atoms with Gasteiger partial charge in [0.1, 0.15) is 0 Å². The van der Waals surface area contributed by atoms with Gasteiger partial charge in [0.05, 0.1) is 23.0 Å². The Bertz CT molecular complexity index is 524. The lowest BCUT2D eigenvalue weighted by Gasteiger charge is -2.37. The molecule has 0 unspecified atom stereocenters. The van der Waals surface area contributed by atoms with E-state index in [-0.39, 0.29) is 0 Å². The van der Waals surface area contributed by atoms with Crippen LogP contribution >= 0.6 is 22.9 Å². The van der Waals surface area contributed by atoms with Crippen molar-refractivity contribution in [1.29, 1.82) is 0 Å². The Kier molecular flexibility index (Phi) is 4.04. The molecule has 2 rings (SSSR count). The van der Waals surface area contributed by atoms with Gasteiger partial charge in [-0.1, -0.05) is 0 Å². The average molecular weight is 310 g/mol. The Morgan fingerprint density at radius 3 is 2.83 bits per heavy atom. The zero-order valence-corrected chi connectivity index (χ0v) is 12.7. The largest absolute Gasteiger partial charge is 0.373 e. The van der Waals surface area contributed by atoms with Crippen molar-refractivity contribution in [3.05, 3.63) is 16.3 Å². The summed E-state index contributed by atoms with van der Waals surface area (Å²) >= 11 is 7.07. The van der Waals surface area contributed by atoms with Crippen LogP contribution in [-0.2, 0) is 20.6 Å². The van der Waals surface area contributed by atoms with Crippen LogP contribution in [0.4, 0.5) is 0 Å². The van der Waals surface area contributed by atoms with Crippen molar-refractivity contribution in [2.45, 2.75) is 30.2 Å². The van der Waals surface area contributed by atoms with Gasteiger partial charge in [0, 0.05) is 23.3 Å². The summed E-state index contributed by atoms with van der Waals surface area (Å²) in [5.74, 6) is 0.342. The first-order chi connectivity index (χ1) is 8.35. The lowest BCUT2D eigenvalue weighted by molar-refractivity contribution is -0.0640. The topological polar surface area (TPSA) is 46.6 Å². The van der Waals surface area contributed by atoms with Gasteiger partial charge in [-0.2, -0.15) is 4.31 Å². The van der Waals surface area contributed by atoms with Gasteiger partial charge in [0.2, 0.25) is 10.0 Å². The molecule has 0 saturated carbocycles. The normalized spacial score (nSPS) is 21.1. The molecule has 1 fully saturated rings. The standard InChI is InChI=1S/C11H16ClNO3S2/c1-11(2)8-13(3-4-16-11)18(14,15)10-5-9(6-12)17-7-10/h5,7H,3-4,6,8H2,1-2H3. The summed E-state index contributed by atoms with van der Waals surface area (Å²) < 4.78 is 31.9. The van der Waals surface area contributed by atoms with Gasteiger partial charge in [-0.05, 0) is 19.9 Å². The van der Waals surface area contributed by atoms with Crippen molar-refractivity contribution >= 4 is 33.0 Å². The number of ether oxygens (including phenoxy) is 1. The molecule has 0 aliphatic carbocycles. The van der Waals surface area contributed by atoms with Crippen LogP contribution in [0.1, 0.15) is 18.7 Å². The summed E-state index contributed by atoms with van der Waals surface area (Å²) in [6.45, 7) is 5.00. The Morgan fingerprint density at radius 1 is 1.56 bits per heavy atom. The molecule has 1 saturated heterocycles. The number of thiophene rings is 1. The Hall–Kier alpha value is -0.140. The van der Waals surface area contributed by atoms with Crippen molar-refractivity contribution in [2.24, 2.45) is 0 Å². The minimum atomic E-state index is -3.42. The number of halogens is 1. The van der Waals surface area contributed by atoms with E-state index >= 15 is 0 Å². The summed E-state index contributed by atoms with van der Waals surface area (Å²) in [7, 11) is -3.42. The second kappa shape index (κ2) is 5.09. The highest BCUT2D eigenvalue weighted by Crippen LogP contribution is 2.27. The third-order valence-corrected chi connectivity index (χ3v) is 6.15. The monoisotopic (exact) mass is 309 g/mol. The fourth-order valence-electron chi connectivity index (χ4n) is 1.89. The van der Waals surface area contributed by atoms with Crippen LogP contribution in [0.25, 0.3) is 0 Å². The minimum absolute atomic E-state index is 0.334. The smallest absolute Gasteiger partial charge is 0.244 e. The van der Waals surface area contributed by atoms with E-state index in [9.17, 15) is 8.42 Å². The Balaban J connectivity index is 2.25. The molecule has 0 amide bonds. The molecule has 0 bridgehead atoms. The molecule has 18 heavy (non-hydrogen) atoms. The molecule has 2 heterocycles. The predicted octanol–water partition coefficient (Wildman–Crippen LogP) is 2.29. The van der Waals surface area contributed by atoms with E-state index in [4.69, 9.17) is 16.3 Å². The highest BCUT2D eigenvalue weighted by Gasteiger charge is 2.35. The van der Waals surface area contributed by atoms with Gasteiger partial charge >= 0.3 is 0 Å². The summed E-state index contributed by atoms with van der Waals surface area (Å²) in [4.78, 5) is 1.20. The van der Waals surface area contributed by atoms with Crippen LogP contribution < -0.4 is 0 Å². The number of rotatable bonds is 3. The van der Waals surface area contributed by atoms with Gasteiger partial charge < -0.3 is 4.74 Å². The van der Waals surface area contributed by atoms with Crippen LogP contribution in [0.5, 0.6) is 0 Å². The third-order valence-electron chi connectivity index (χ3n) is 2.79. The van der Waals surface area contributed by atoms with E-state index in [0.29, 0.717) is 30.5 Å². The molecule has 1 aromatic heterocycles. The number of sulfonamides is 1. The first-order valence-corrected chi connectivity index (χ1v) is 8.48. The van der Waals surface area contributed by atoms with E-state index in [1.165, 1.54) is 15.6 Å². The summed E-state index contributed by atoms with van der Waals surface area (Å²) in [6.07, 6.45) is 0. The quantitative estimate of drug-likeness (QED) is 0.805. The molecule has 102 valence electrons. The van der Waals surface area contributed by atoms with Crippen LogP contribution in [0.3, 0.4) is 0 Å². The Labute approximate surface area is 117 Å². The zero-order valence-electron chi connectivity index (χ0n) is 10.3. The van der Waals surface area contributed by atoms with Gasteiger partial charge in [-0.15, -0.1) is 22.9 Å². The highest BCUT2D eigenvalue weighted by atomic mass is 35.5. The minimum Gasteiger partial charge on any atom is -0.373 e. The molecule has 1 aliphatic heterocycles. The van der Waals surface area contributed by atoms with Crippen LogP contribution in [0.15, 0.2) is 16.3 Å². The van der Waals surface area contributed by atoms with Crippen molar-refractivity contribution < 1.29 is 13.2 Å². The maximum absolute atomic E-state index is 12.4. The van der Waals surface area contributed by atoms with Gasteiger partial charge in [0.15, 0.2) is 0 Å². The molecule has 7 heteroatoms. The van der Waals surface area contributed by atoms with Crippen LogP contribution in [-0.4, -0.2) is 38.0 Å². The van der Waals surface area contributed by atoms with Crippen molar-refractivity contribution in [3.63, 3.8) is 0 Å². The summed E-state index contributed by atoms with van der Waals surface area (Å²) in [5.41, 5.74) is -0.434. The van der Waals surface area contributed by atoms with Gasteiger partial charge in [-0.25, -0.2) is 8.42 Å². The first-order valence-electron chi connectivity index (χ1n) is 5.63. The van der Waals surface area contributed by atoms with Crippen molar-refractivity contribution in [3.8, 4) is 0 Å². The number of nitrogens with zero attached hydrogens (tertiary/aromatic N) is 1. The summed E-state index contributed by atoms with van der Waals surface area (Å²) in [6, 6.07) is 1.65. The molecule has 1 aromatic rings. The highest BCUT2D eigenvalue weighted by molar-refractivity contribution is 7.89. The molecule has 0 atom stereocenters. The fraction of sp³-hybridized carbons (Fsp3) is 0.636. The molecule has 0 radical (unpaired) electrons. The van der Waals surface area contributed by atoms with Crippen molar-refractivity contribution in [2.75, 3.05) is 19.7 Å². The molecule has 4 nitrogen and oxygen atoms in total. The first kappa shape index (κ1) is 14.3. The maximum Gasteiger partial charge on any atom is 0.244 e. The van der Waals surface area contributed by atoms with Crippen LogP contribution in [0.2, 0.25) is 0 Å². The fourth-order valence-corrected chi connectivity index (χ4v) is 4.84. The van der Waals surface area contributed by atoms with Crippen molar-refractivity contribution in [1.82, 2.24) is 4.31 Å². The lowest BCUT2D eigenvalue weighted by atomic mass is 10.1. The molecule has 1 aliphatic rings. The lowest BCUT2D eigenvalue weighted by Crippen LogP contribution is -2.50. The number of hydrogen-bond acceptors (Lipinski definition) is 4. The molecule has 0 spiro atoms. The van der Waals surface area contributed by atoms with Gasteiger partial charge in [-0.3, -0.25) is 0 Å². The maximum atomic E-state index is 12.4. The summed E-state index contributed by atoms with van der Waals surface area (Å²) in [5, 5.41) is 1.65. The van der Waals surface area contributed by atoms with Gasteiger partial charge in [0.25, 0.3) is 0 Å². The molecule has 0 N–H and O–H groups in total. The van der Waals surface area contributed by atoms with E-state index in [2.05, 4.69) is 0 Å². The second-order valence-electron chi connectivity index (χ2n) is 4.83. The second-order valence-corrected chi connectivity index (χ2v) is 8.03. The van der Waals surface area contributed by atoms with E-state index in [1.54, 1.807) is 11.4 Å². The van der Waals surface area contributed by atoms with E-state index < -0.39 is 15.6 Å². The predicted molar refractivity (Wildman–Crippen MR) is 72.7 cm³/mol. The van der Waals surface area contributed by atoms with E-state index in [0.717, 1.165) is 4.88 Å². The Morgan fingerprint density at radius 2 is 2.28 bits per heavy atom.